The van der Waals surface area contributed by atoms with Crippen LogP contribution >= 0.6 is 11.8 Å². The number of methoxy groups -OCH3 is 2. The van der Waals surface area contributed by atoms with E-state index in [0.29, 0.717) is 11.9 Å². The Hall–Kier alpha value is 0.295. The summed E-state index contributed by atoms with van der Waals surface area (Å²) in [6.45, 7) is 2.69. The molecule has 0 spiro atoms. The molecule has 2 aliphatic heterocycles. The predicted molar refractivity (Wildman–Crippen MR) is 56.9 cm³/mol. The smallest absolute Gasteiger partial charge is 0.129 e. The lowest BCUT2D eigenvalue weighted by Gasteiger charge is -2.35. The highest BCUT2D eigenvalue weighted by atomic mass is 32.2. The van der Waals surface area contributed by atoms with E-state index >= 15 is 0 Å². The molecule has 3 nitrogen and oxygen atoms in total. The Morgan fingerprint density at radius 1 is 1.50 bits per heavy atom. The van der Waals surface area contributed by atoms with Gasteiger partial charge in [-0.2, -0.15) is 0 Å². The molecule has 2 aliphatic rings. The van der Waals surface area contributed by atoms with Crippen LogP contribution in [0.15, 0.2) is 0 Å². The van der Waals surface area contributed by atoms with Gasteiger partial charge < -0.3 is 14.2 Å². The van der Waals surface area contributed by atoms with Gasteiger partial charge in [0.1, 0.15) is 19.6 Å². The van der Waals surface area contributed by atoms with Crippen molar-refractivity contribution in [2.75, 3.05) is 20.8 Å². The fourth-order valence-electron chi connectivity index (χ4n) is 2.46. The standard InChI is InChI=1S/C9H15BO3S/c1-5-9(4-11-2)7(12-3)6(14-5)8(10)13-9/h5-8H,4H2,1-3H3/t5-,6?,7?,8+,9-/m0/s1. The summed E-state index contributed by atoms with van der Waals surface area (Å²) in [5.41, 5.74) is -0.349. The zero-order valence-electron chi connectivity index (χ0n) is 8.73. The third-order valence-electron chi connectivity index (χ3n) is 3.13. The number of thioether (sulfide) groups is 1. The average molecular weight is 214 g/mol. The summed E-state index contributed by atoms with van der Waals surface area (Å²) in [6.07, 6.45) is 0.0532. The molecule has 2 bridgehead atoms. The van der Waals surface area contributed by atoms with Gasteiger partial charge in [-0.05, 0) is 0 Å². The van der Waals surface area contributed by atoms with Crippen LogP contribution in [0.3, 0.4) is 0 Å². The fourth-order valence-corrected chi connectivity index (χ4v) is 4.11. The quantitative estimate of drug-likeness (QED) is 0.636. The molecule has 14 heavy (non-hydrogen) atoms. The summed E-state index contributed by atoms with van der Waals surface area (Å²) >= 11 is 1.84. The molecule has 0 aromatic heterocycles. The Labute approximate surface area is 90.3 Å². The summed E-state index contributed by atoms with van der Waals surface area (Å²) < 4.78 is 16.5. The number of fused-ring (bicyclic) bond motifs is 2. The summed E-state index contributed by atoms with van der Waals surface area (Å²) in [7, 11) is 9.28. The zero-order valence-corrected chi connectivity index (χ0v) is 9.54. The zero-order chi connectivity index (χ0) is 10.3. The van der Waals surface area contributed by atoms with Gasteiger partial charge in [-0.25, -0.2) is 0 Å². The summed E-state index contributed by atoms with van der Waals surface area (Å²) in [4.78, 5) is 0. The molecule has 2 radical (unpaired) electrons. The van der Waals surface area contributed by atoms with Gasteiger partial charge in [0.05, 0.1) is 11.9 Å². The van der Waals surface area contributed by atoms with Crippen LogP contribution in [0.1, 0.15) is 6.92 Å². The van der Waals surface area contributed by atoms with Crippen molar-refractivity contribution in [2.24, 2.45) is 0 Å². The average Bonchev–Trinajstić information content (AvgIpc) is 2.54. The number of hydrogen-bond donors (Lipinski definition) is 0. The second-order valence-electron chi connectivity index (χ2n) is 3.87. The molecule has 0 saturated carbocycles. The van der Waals surface area contributed by atoms with Gasteiger partial charge in [-0.3, -0.25) is 0 Å². The molecule has 78 valence electrons. The van der Waals surface area contributed by atoms with Crippen LogP contribution in [0.25, 0.3) is 0 Å². The van der Waals surface area contributed by atoms with E-state index in [9.17, 15) is 0 Å². The van der Waals surface area contributed by atoms with Crippen molar-refractivity contribution in [3.63, 3.8) is 0 Å². The minimum Gasteiger partial charge on any atom is -0.382 e. The minimum atomic E-state index is -0.349. The van der Waals surface area contributed by atoms with Gasteiger partial charge in [0, 0.05) is 25.5 Å². The van der Waals surface area contributed by atoms with Crippen LogP contribution < -0.4 is 0 Å². The van der Waals surface area contributed by atoms with Crippen LogP contribution in [-0.2, 0) is 14.2 Å². The minimum absolute atomic E-state index is 0.0532. The van der Waals surface area contributed by atoms with Gasteiger partial charge >= 0.3 is 0 Å². The maximum atomic E-state index is 5.88. The molecule has 0 amide bonds. The van der Waals surface area contributed by atoms with E-state index in [0.717, 1.165) is 0 Å². The Bertz CT molecular complexity index is 228. The lowest BCUT2D eigenvalue weighted by atomic mass is 9.90. The van der Waals surface area contributed by atoms with Crippen molar-refractivity contribution in [1.82, 2.24) is 0 Å². The third kappa shape index (κ3) is 1.26. The monoisotopic (exact) mass is 214 g/mol. The molecule has 0 aromatic rings. The summed E-state index contributed by atoms with van der Waals surface area (Å²) in [6, 6.07) is -0.226. The van der Waals surface area contributed by atoms with Gasteiger partial charge in [0.25, 0.3) is 0 Å². The van der Waals surface area contributed by atoms with E-state index in [1.165, 1.54) is 0 Å². The van der Waals surface area contributed by atoms with Crippen LogP contribution in [0, 0.1) is 0 Å². The Morgan fingerprint density at radius 2 is 2.21 bits per heavy atom. The molecule has 0 aromatic carbocycles. The lowest BCUT2D eigenvalue weighted by molar-refractivity contribution is -0.111. The van der Waals surface area contributed by atoms with Crippen LogP contribution in [0.5, 0.6) is 0 Å². The highest BCUT2D eigenvalue weighted by molar-refractivity contribution is 8.01. The van der Waals surface area contributed by atoms with E-state index in [2.05, 4.69) is 6.92 Å². The normalized spacial score (nSPS) is 51.4. The molecule has 0 aliphatic carbocycles. The van der Waals surface area contributed by atoms with Crippen molar-refractivity contribution < 1.29 is 14.2 Å². The molecule has 5 heteroatoms. The molecular formula is C9H15BO3S. The number of rotatable bonds is 3. The first-order chi connectivity index (χ1) is 6.65. The van der Waals surface area contributed by atoms with Crippen molar-refractivity contribution in [2.45, 2.75) is 35.1 Å². The Kier molecular flexibility index (Phi) is 2.86. The lowest BCUT2D eigenvalue weighted by Crippen LogP contribution is -2.49. The molecule has 2 unspecified atom stereocenters. The van der Waals surface area contributed by atoms with Crippen LogP contribution in [-0.4, -0.2) is 56.9 Å². The molecule has 2 heterocycles. The second-order valence-corrected chi connectivity index (χ2v) is 5.39. The first kappa shape index (κ1) is 10.8. The van der Waals surface area contributed by atoms with Crippen molar-refractivity contribution >= 4 is 19.6 Å². The summed E-state index contributed by atoms with van der Waals surface area (Å²) in [5, 5.41) is 0.613. The van der Waals surface area contributed by atoms with Gasteiger partial charge in [-0.15, -0.1) is 11.8 Å². The van der Waals surface area contributed by atoms with Crippen LogP contribution in [0.2, 0.25) is 0 Å². The van der Waals surface area contributed by atoms with E-state index in [1.807, 2.05) is 11.8 Å². The number of ether oxygens (including phenoxy) is 3. The molecule has 2 rings (SSSR count). The van der Waals surface area contributed by atoms with Gasteiger partial charge in [0.15, 0.2) is 0 Å². The molecule has 5 atom stereocenters. The van der Waals surface area contributed by atoms with Gasteiger partial charge in [0.2, 0.25) is 0 Å². The Morgan fingerprint density at radius 3 is 2.79 bits per heavy atom. The highest BCUT2D eigenvalue weighted by Gasteiger charge is 2.63. The van der Waals surface area contributed by atoms with Crippen molar-refractivity contribution in [3.8, 4) is 0 Å². The molecular weight excluding hydrogens is 199 g/mol. The third-order valence-corrected chi connectivity index (χ3v) is 4.77. The Balaban J connectivity index is 2.25. The molecule has 2 saturated heterocycles. The molecule has 0 N–H and O–H groups in total. The van der Waals surface area contributed by atoms with E-state index in [1.54, 1.807) is 14.2 Å². The highest BCUT2D eigenvalue weighted by Crippen LogP contribution is 2.52. The first-order valence-corrected chi connectivity index (χ1v) is 5.70. The fraction of sp³-hybridized carbons (Fsp3) is 1.00. The van der Waals surface area contributed by atoms with E-state index in [4.69, 9.17) is 22.1 Å². The molecule has 2 fully saturated rings. The maximum Gasteiger partial charge on any atom is 0.129 e. The topological polar surface area (TPSA) is 27.7 Å². The van der Waals surface area contributed by atoms with E-state index < -0.39 is 0 Å². The van der Waals surface area contributed by atoms with Crippen molar-refractivity contribution in [3.05, 3.63) is 0 Å². The second kappa shape index (κ2) is 3.70. The largest absolute Gasteiger partial charge is 0.382 e. The van der Waals surface area contributed by atoms with Gasteiger partial charge in [-0.1, -0.05) is 6.92 Å². The SMILES string of the molecule is [B][C@@H]1O[C@]2(COC)C(OC)C1S[C@H]2C. The first-order valence-electron chi connectivity index (χ1n) is 4.76. The number of hydrogen-bond acceptors (Lipinski definition) is 4. The van der Waals surface area contributed by atoms with E-state index in [-0.39, 0.29) is 23.0 Å². The maximum absolute atomic E-state index is 5.88. The van der Waals surface area contributed by atoms with Crippen molar-refractivity contribution in [1.29, 1.82) is 0 Å². The summed E-state index contributed by atoms with van der Waals surface area (Å²) in [5.74, 6) is 0. The predicted octanol–water partition coefficient (Wildman–Crippen LogP) is 0.415. The van der Waals surface area contributed by atoms with Crippen LogP contribution in [0.4, 0.5) is 0 Å².